The molecule has 1 N–H and O–H groups in total. The largest absolute Gasteiger partial charge is 0.376 e. The number of hydrogen-bond acceptors (Lipinski definition) is 4. The summed E-state index contributed by atoms with van der Waals surface area (Å²) >= 11 is 1.59. The predicted molar refractivity (Wildman–Crippen MR) is 110 cm³/mol. The molecule has 0 spiro atoms. The Kier molecular flexibility index (Phi) is 4.53. The van der Waals surface area contributed by atoms with Gasteiger partial charge in [0, 0.05) is 23.6 Å². The van der Waals surface area contributed by atoms with E-state index in [0.717, 1.165) is 48.5 Å². The number of nitrogens with one attached hydrogen (secondary N) is 1. The number of aryl methyl sites for hydroxylation is 2. The monoisotopic (exact) mass is 393 g/mol. The predicted octanol–water partition coefficient (Wildman–Crippen LogP) is 3.92. The maximum atomic E-state index is 12.7. The highest BCUT2D eigenvalue weighted by atomic mass is 32.1. The van der Waals surface area contributed by atoms with Crippen molar-refractivity contribution in [2.75, 3.05) is 13.2 Å². The summed E-state index contributed by atoms with van der Waals surface area (Å²) in [6, 6.07) is 12.3. The molecule has 3 aromatic rings. The fraction of sp³-hybridized carbons (Fsp3) is 0.364. The van der Waals surface area contributed by atoms with Crippen LogP contribution in [-0.4, -0.2) is 34.9 Å². The highest BCUT2D eigenvalue weighted by Gasteiger charge is 2.28. The molecule has 3 heterocycles. The van der Waals surface area contributed by atoms with Crippen molar-refractivity contribution in [1.82, 2.24) is 15.1 Å². The van der Waals surface area contributed by atoms with E-state index in [1.54, 1.807) is 11.3 Å². The molecule has 1 aliphatic heterocycles. The molecule has 2 aromatic heterocycles. The molecule has 0 saturated carbocycles. The molecular formula is C22H23N3O2S. The first-order valence-corrected chi connectivity index (χ1v) is 10.7. The Morgan fingerprint density at radius 3 is 2.96 bits per heavy atom. The molecule has 0 radical (unpaired) electrons. The lowest BCUT2D eigenvalue weighted by Crippen LogP contribution is -2.31. The third-order valence-corrected chi connectivity index (χ3v) is 6.76. The molecule has 1 amide bonds. The number of ether oxygens (including phenoxy) is 1. The normalized spacial score (nSPS) is 18.0. The van der Waals surface area contributed by atoms with Crippen molar-refractivity contribution in [2.45, 2.75) is 38.7 Å². The lowest BCUT2D eigenvalue weighted by Gasteiger charge is -2.14. The van der Waals surface area contributed by atoms with Gasteiger partial charge in [0.1, 0.15) is 0 Å². The molecule has 1 saturated heterocycles. The molecule has 28 heavy (non-hydrogen) atoms. The van der Waals surface area contributed by atoms with Crippen LogP contribution in [0.15, 0.2) is 36.4 Å². The first-order chi connectivity index (χ1) is 13.7. The molecule has 1 aliphatic carbocycles. The van der Waals surface area contributed by atoms with Crippen LogP contribution in [0.5, 0.6) is 0 Å². The van der Waals surface area contributed by atoms with Crippen molar-refractivity contribution in [3.05, 3.63) is 58.2 Å². The first kappa shape index (κ1) is 17.6. The van der Waals surface area contributed by atoms with E-state index in [1.807, 2.05) is 18.2 Å². The molecule has 6 heteroatoms. The van der Waals surface area contributed by atoms with Gasteiger partial charge < -0.3 is 10.1 Å². The van der Waals surface area contributed by atoms with Crippen LogP contribution in [-0.2, 0) is 17.6 Å². The van der Waals surface area contributed by atoms with Crippen molar-refractivity contribution in [3.63, 3.8) is 0 Å². The Bertz CT molecular complexity index is 1020. The molecule has 0 unspecified atom stereocenters. The van der Waals surface area contributed by atoms with Gasteiger partial charge in [0.2, 0.25) is 0 Å². The Balaban J connectivity index is 1.44. The number of para-hydroxylation sites is 1. The van der Waals surface area contributed by atoms with Crippen LogP contribution in [0.25, 0.3) is 16.1 Å². The summed E-state index contributed by atoms with van der Waals surface area (Å²) < 4.78 is 7.67. The van der Waals surface area contributed by atoms with Crippen molar-refractivity contribution < 1.29 is 9.53 Å². The van der Waals surface area contributed by atoms with Crippen LogP contribution in [0.2, 0.25) is 0 Å². The molecular weight excluding hydrogens is 370 g/mol. The van der Waals surface area contributed by atoms with Crippen LogP contribution < -0.4 is 5.32 Å². The van der Waals surface area contributed by atoms with E-state index in [1.165, 1.54) is 21.7 Å². The number of carbonyl (C=O) groups excluding carboxylic acids is 1. The number of nitrogens with zero attached hydrogens (tertiary/aromatic N) is 2. The molecule has 5 nitrogen and oxygen atoms in total. The number of fused-ring (bicyclic) bond motifs is 3. The van der Waals surface area contributed by atoms with Gasteiger partial charge in [-0.25, -0.2) is 4.68 Å². The van der Waals surface area contributed by atoms with E-state index >= 15 is 0 Å². The van der Waals surface area contributed by atoms with Gasteiger partial charge in [0.15, 0.2) is 0 Å². The van der Waals surface area contributed by atoms with Crippen molar-refractivity contribution in [3.8, 4) is 16.1 Å². The second-order valence-electron chi connectivity index (χ2n) is 7.46. The average molecular weight is 394 g/mol. The fourth-order valence-corrected chi connectivity index (χ4v) is 5.42. The highest BCUT2D eigenvalue weighted by Crippen LogP contribution is 2.42. The number of thiophene rings is 1. The lowest BCUT2D eigenvalue weighted by molar-refractivity contribution is 0.0861. The van der Waals surface area contributed by atoms with Crippen LogP contribution in [0, 0.1) is 6.92 Å². The van der Waals surface area contributed by atoms with E-state index in [9.17, 15) is 4.79 Å². The summed E-state index contributed by atoms with van der Waals surface area (Å²) in [4.78, 5) is 14.6. The Morgan fingerprint density at radius 1 is 1.32 bits per heavy atom. The van der Waals surface area contributed by atoms with Gasteiger partial charge in [-0.15, -0.1) is 11.3 Å². The summed E-state index contributed by atoms with van der Waals surface area (Å²) in [5, 5.41) is 7.86. The minimum absolute atomic E-state index is 0.00422. The van der Waals surface area contributed by atoms with Gasteiger partial charge in [-0.2, -0.15) is 5.10 Å². The Labute approximate surface area is 168 Å². The van der Waals surface area contributed by atoms with Crippen molar-refractivity contribution >= 4 is 17.2 Å². The Morgan fingerprint density at radius 2 is 2.18 bits per heavy atom. The van der Waals surface area contributed by atoms with Gasteiger partial charge in [0.25, 0.3) is 5.91 Å². The van der Waals surface area contributed by atoms with Crippen LogP contribution in [0.3, 0.4) is 0 Å². The van der Waals surface area contributed by atoms with E-state index in [-0.39, 0.29) is 12.0 Å². The first-order valence-electron chi connectivity index (χ1n) is 9.87. The van der Waals surface area contributed by atoms with Crippen molar-refractivity contribution in [1.29, 1.82) is 0 Å². The number of hydrogen-bond donors (Lipinski definition) is 1. The summed E-state index contributed by atoms with van der Waals surface area (Å²) in [7, 11) is 0. The van der Waals surface area contributed by atoms with E-state index < -0.39 is 0 Å². The quantitative estimate of drug-likeness (QED) is 0.731. The van der Waals surface area contributed by atoms with Gasteiger partial charge in [-0.3, -0.25) is 4.79 Å². The number of rotatable bonds is 4. The molecule has 1 aromatic carbocycles. The minimum Gasteiger partial charge on any atom is -0.376 e. The van der Waals surface area contributed by atoms with Gasteiger partial charge in [0.05, 0.1) is 28.1 Å². The van der Waals surface area contributed by atoms with Gasteiger partial charge >= 0.3 is 0 Å². The van der Waals surface area contributed by atoms with E-state index in [0.29, 0.717) is 6.54 Å². The summed E-state index contributed by atoms with van der Waals surface area (Å²) in [6.45, 7) is 3.46. The maximum Gasteiger partial charge on any atom is 0.261 e. The highest BCUT2D eigenvalue weighted by molar-refractivity contribution is 7.17. The SMILES string of the molecule is Cc1nn(-c2ccccc2)c2c1-c1sc(C(=O)NC[C@H]3CCCO3)cc1CC2. The molecule has 1 atom stereocenters. The molecule has 5 rings (SSSR count). The average Bonchev–Trinajstić information content (AvgIpc) is 3.45. The topological polar surface area (TPSA) is 56.2 Å². The maximum absolute atomic E-state index is 12.7. The molecule has 0 bridgehead atoms. The summed E-state index contributed by atoms with van der Waals surface area (Å²) in [5.41, 5.74) is 5.81. The third kappa shape index (κ3) is 3.06. The van der Waals surface area contributed by atoms with E-state index in [2.05, 4.69) is 35.1 Å². The Hall–Kier alpha value is -2.44. The second-order valence-corrected chi connectivity index (χ2v) is 8.52. The van der Waals surface area contributed by atoms with Crippen LogP contribution >= 0.6 is 11.3 Å². The van der Waals surface area contributed by atoms with Gasteiger partial charge in [-0.05, 0) is 56.4 Å². The molecule has 2 aliphatic rings. The molecule has 144 valence electrons. The standard InChI is InChI=1S/C22H23N3O2S/c1-14-20-18(25(24-14)16-6-3-2-4-7-16)10-9-15-12-19(28-21(15)20)22(26)23-13-17-8-5-11-27-17/h2-4,6-7,12,17H,5,8-11,13H2,1H3,(H,23,26)/t17-/m1/s1. The zero-order valence-electron chi connectivity index (χ0n) is 15.9. The van der Waals surface area contributed by atoms with E-state index in [4.69, 9.17) is 9.84 Å². The minimum atomic E-state index is 0.00422. The number of aromatic nitrogens is 2. The van der Waals surface area contributed by atoms with Crippen LogP contribution in [0.1, 0.15) is 39.5 Å². The van der Waals surface area contributed by atoms with Crippen molar-refractivity contribution in [2.24, 2.45) is 0 Å². The smallest absolute Gasteiger partial charge is 0.261 e. The fourth-order valence-electron chi connectivity index (χ4n) is 4.17. The number of benzene rings is 1. The molecule has 1 fully saturated rings. The second kappa shape index (κ2) is 7.18. The van der Waals surface area contributed by atoms with Gasteiger partial charge in [-0.1, -0.05) is 18.2 Å². The lowest BCUT2D eigenvalue weighted by atomic mass is 9.95. The zero-order chi connectivity index (χ0) is 19.1. The third-order valence-electron chi connectivity index (χ3n) is 5.56. The summed E-state index contributed by atoms with van der Waals surface area (Å²) in [6.07, 6.45) is 4.15. The number of amides is 1. The van der Waals surface area contributed by atoms with Crippen LogP contribution in [0.4, 0.5) is 0 Å². The zero-order valence-corrected chi connectivity index (χ0v) is 16.7. The number of carbonyl (C=O) groups is 1. The summed E-state index contributed by atoms with van der Waals surface area (Å²) in [5.74, 6) is 0.00422.